The van der Waals surface area contributed by atoms with Gasteiger partial charge in [0.05, 0.1) is 18.2 Å². The second-order valence-electron chi connectivity index (χ2n) is 8.01. The Hall–Kier alpha value is -3.49. The zero-order chi connectivity index (χ0) is 23.6. The predicted molar refractivity (Wildman–Crippen MR) is 122 cm³/mol. The van der Waals surface area contributed by atoms with E-state index in [0.29, 0.717) is 23.1 Å². The molecule has 0 amide bonds. The molecule has 0 saturated heterocycles. The van der Waals surface area contributed by atoms with E-state index >= 15 is 0 Å². The number of methoxy groups -OCH3 is 1. The summed E-state index contributed by atoms with van der Waals surface area (Å²) in [5, 5.41) is 0. The first-order valence-electron chi connectivity index (χ1n) is 10.4. The van der Waals surface area contributed by atoms with Crippen LogP contribution >= 0.6 is 0 Å². The van der Waals surface area contributed by atoms with E-state index in [0.717, 1.165) is 12.1 Å². The minimum Gasteiger partial charge on any atom is -0.744 e. The molecule has 33 heavy (non-hydrogen) atoms. The molecule has 2 aromatic heterocycles. The van der Waals surface area contributed by atoms with E-state index in [2.05, 4.69) is 47.7 Å². The maximum atomic E-state index is 11.6. The lowest BCUT2D eigenvalue weighted by Gasteiger charge is -2.12. The first-order valence-corrected chi connectivity index (χ1v) is 11.8. The molecule has 2 aromatic carbocycles. The molecule has 0 aliphatic heterocycles. The molecule has 8 heteroatoms. The molecular weight excluding hydrogens is 440 g/mol. The van der Waals surface area contributed by atoms with Gasteiger partial charge < -0.3 is 13.7 Å². The average Bonchev–Trinajstić information content (AvgIpc) is 3.29. The first-order chi connectivity index (χ1) is 15.7. The maximum Gasteiger partial charge on any atom is 0.227 e. The molecule has 0 aliphatic rings. The van der Waals surface area contributed by atoms with E-state index < -0.39 is 15.0 Å². The summed E-state index contributed by atoms with van der Waals surface area (Å²) in [6, 6.07) is 16.6. The Morgan fingerprint density at radius 3 is 2.48 bits per heavy atom. The van der Waals surface area contributed by atoms with Gasteiger partial charge in [-0.2, -0.15) is 0 Å². The lowest BCUT2D eigenvalue weighted by molar-refractivity contribution is -0.688. The minimum absolute atomic E-state index is 0.0139. The Bertz CT molecular complexity index is 1380. The van der Waals surface area contributed by atoms with E-state index in [4.69, 9.17) is 9.15 Å². The lowest BCUT2D eigenvalue weighted by atomic mass is 10.0. The first kappa shape index (κ1) is 22.7. The van der Waals surface area contributed by atoms with E-state index in [-0.39, 0.29) is 5.75 Å². The van der Waals surface area contributed by atoms with Crippen molar-refractivity contribution in [2.75, 3.05) is 7.11 Å². The number of rotatable bonds is 7. The van der Waals surface area contributed by atoms with Crippen molar-refractivity contribution in [2.45, 2.75) is 31.2 Å². The smallest absolute Gasteiger partial charge is 0.227 e. The largest absolute Gasteiger partial charge is 0.744 e. The standard InChI is InChI=1S/C25H24N2O5S/c1-17(2)20-6-4-5-18(13-20)16-27-11-9-19(10-12-27)25-26-15-23(32-25)21-7-8-22(31-3)24(14-21)33(28,29)30/h4-15,17H,16H2,1-3H3. The summed E-state index contributed by atoms with van der Waals surface area (Å²) in [6.07, 6.45) is 5.41. The minimum atomic E-state index is -4.70. The summed E-state index contributed by atoms with van der Waals surface area (Å²) in [5.41, 5.74) is 3.73. The highest BCUT2D eigenvalue weighted by Crippen LogP contribution is 2.31. The summed E-state index contributed by atoms with van der Waals surface area (Å²) in [5.74, 6) is 1.20. The Morgan fingerprint density at radius 1 is 1.06 bits per heavy atom. The van der Waals surface area contributed by atoms with E-state index in [9.17, 15) is 13.0 Å². The van der Waals surface area contributed by atoms with Crippen LogP contribution in [0, 0.1) is 0 Å². The number of hydrogen-bond donors (Lipinski definition) is 0. The molecule has 0 radical (unpaired) electrons. The molecule has 4 rings (SSSR count). The van der Waals surface area contributed by atoms with Gasteiger partial charge in [-0.05, 0) is 35.7 Å². The molecule has 0 bridgehead atoms. The number of pyridine rings is 1. The number of hydrogen-bond acceptors (Lipinski definition) is 6. The molecule has 170 valence electrons. The average molecular weight is 465 g/mol. The van der Waals surface area contributed by atoms with Crippen LogP contribution in [0.15, 0.2) is 82.5 Å². The van der Waals surface area contributed by atoms with Gasteiger partial charge in [-0.15, -0.1) is 0 Å². The Balaban J connectivity index is 1.55. The lowest BCUT2D eigenvalue weighted by Crippen LogP contribution is -2.33. The third kappa shape index (κ3) is 5.13. The quantitative estimate of drug-likeness (QED) is 0.297. The van der Waals surface area contributed by atoms with Crippen LogP contribution < -0.4 is 9.30 Å². The normalized spacial score (nSPS) is 11.7. The molecule has 0 atom stereocenters. The molecule has 2 heterocycles. The van der Waals surface area contributed by atoms with E-state index in [1.165, 1.54) is 36.6 Å². The monoisotopic (exact) mass is 464 g/mol. The summed E-state index contributed by atoms with van der Waals surface area (Å²) in [7, 11) is -3.40. The van der Waals surface area contributed by atoms with Gasteiger partial charge >= 0.3 is 0 Å². The van der Waals surface area contributed by atoms with Gasteiger partial charge in [0.25, 0.3) is 0 Å². The highest BCUT2D eigenvalue weighted by molar-refractivity contribution is 7.85. The molecule has 4 aromatic rings. The molecule has 0 saturated carbocycles. The fraction of sp³-hybridized carbons (Fsp3) is 0.200. The van der Waals surface area contributed by atoms with Crippen molar-refractivity contribution in [1.29, 1.82) is 0 Å². The summed E-state index contributed by atoms with van der Waals surface area (Å²) in [6.45, 7) is 5.10. The van der Waals surface area contributed by atoms with Crippen LogP contribution in [-0.4, -0.2) is 25.1 Å². The fourth-order valence-electron chi connectivity index (χ4n) is 3.53. The summed E-state index contributed by atoms with van der Waals surface area (Å²) >= 11 is 0. The zero-order valence-corrected chi connectivity index (χ0v) is 19.4. The second-order valence-corrected chi connectivity index (χ2v) is 9.36. The topological polar surface area (TPSA) is 96.3 Å². The van der Waals surface area contributed by atoms with Crippen LogP contribution in [0.2, 0.25) is 0 Å². The van der Waals surface area contributed by atoms with Gasteiger partial charge in [-0.25, -0.2) is 18.0 Å². The molecule has 0 fully saturated rings. The van der Waals surface area contributed by atoms with Crippen molar-refractivity contribution in [1.82, 2.24) is 4.98 Å². The van der Waals surface area contributed by atoms with Crippen LogP contribution in [0.5, 0.6) is 5.75 Å². The van der Waals surface area contributed by atoms with Crippen molar-refractivity contribution >= 4 is 10.1 Å². The number of benzene rings is 2. The number of oxazole rings is 1. The van der Waals surface area contributed by atoms with Crippen LogP contribution in [0.1, 0.15) is 30.9 Å². The van der Waals surface area contributed by atoms with Crippen LogP contribution in [-0.2, 0) is 16.7 Å². The van der Waals surface area contributed by atoms with E-state index in [1.807, 2.05) is 24.5 Å². The van der Waals surface area contributed by atoms with Gasteiger partial charge in [-0.1, -0.05) is 32.0 Å². The Labute approximate surface area is 193 Å². The van der Waals surface area contributed by atoms with Crippen LogP contribution in [0.4, 0.5) is 0 Å². The SMILES string of the molecule is COc1ccc(-c2cnc(-c3cc[n+](Cc4cccc(C(C)C)c4)cc3)o2)cc1S(=O)(=O)[O-]. The highest BCUT2D eigenvalue weighted by atomic mass is 32.2. The molecule has 0 N–H and O–H groups in total. The van der Waals surface area contributed by atoms with Gasteiger partial charge in [0, 0.05) is 28.8 Å². The Morgan fingerprint density at radius 2 is 1.82 bits per heavy atom. The predicted octanol–water partition coefficient (Wildman–Crippen LogP) is 4.38. The van der Waals surface area contributed by atoms with Crippen molar-refractivity contribution in [3.05, 3.63) is 84.3 Å². The molecule has 0 unspecified atom stereocenters. The highest BCUT2D eigenvalue weighted by Gasteiger charge is 2.15. The number of aromatic nitrogens is 2. The number of nitrogens with zero attached hydrogens (tertiary/aromatic N) is 2. The van der Waals surface area contributed by atoms with Crippen molar-refractivity contribution in [3.63, 3.8) is 0 Å². The molecule has 0 aliphatic carbocycles. The van der Waals surface area contributed by atoms with Gasteiger partial charge in [0.15, 0.2) is 24.7 Å². The zero-order valence-electron chi connectivity index (χ0n) is 18.6. The van der Waals surface area contributed by atoms with Gasteiger partial charge in [-0.3, -0.25) is 0 Å². The van der Waals surface area contributed by atoms with Crippen molar-refractivity contribution in [2.24, 2.45) is 0 Å². The number of ether oxygens (including phenoxy) is 1. The molecular formula is C25H24N2O5S. The van der Waals surface area contributed by atoms with Gasteiger partial charge in [0.2, 0.25) is 5.89 Å². The van der Waals surface area contributed by atoms with Gasteiger partial charge in [0.1, 0.15) is 15.9 Å². The maximum absolute atomic E-state index is 11.6. The van der Waals surface area contributed by atoms with Crippen molar-refractivity contribution < 1.29 is 26.7 Å². The second kappa shape index (κ2) is 9.17. The van der Waals surface area contributed by atoms with Crippen LogP contribution in [0.25, 0.3) is 22.8 Å². The summed E-state index contributed by atoms with van der Waals surface area (Å²) < 4.78 is 47.6. The molecule has 0 spiro atoms. The summed E-state index contributed by atoms with van der Waals surface area (Å²) in [4.78, 5) is 3.87. The van der Waals surface area contributed by atoms with Crippen molar-refractivity contribution in [3.8, 4) is 28.5 Å². The fourth-order valence-corrected chi connectivity index (χ4v) is 4.20. The third-order valence-electron chi connectivity index (χ3n) is 5.34. The third-order valence-corrected chi connectivity index (χ3v) is 6.20. The Kier molecular flexibility index (Phi) is 6.31. The van der Waals surface area contributed by atoms with E-state index in [1.54, 1.807) is 6.07 Å². The molecule has 7 nitrogen and oxygen atoms in total. The van der Waals surface area contributed by atoms with Crippen LogP contribution in [0.3, 0.4) is 0 Å².